The molecular weight excluding hydrogens is 391 g/mol. The van der Waals surface area contributed by atoms with Crippen molar-refractivity contribution in [2.75, 3.05) is 24.6 Å². The third-order valence-corrected chi connectivity index (χ3v) is 12.2. The molecule has 0 saturated heterocycles. The second-order valence-corrected chi connectivity index (χ2v) is 14.7. The van der Waals surface area contributed by atoms with Gasteiger partial charge in [-0.3, -0.25) is 0 Å². The van der Waals surface area contributed by atoms with E-state index in [2.05, 4.69) is 26.7 Å². The van der Waals surface area contributed by atoms with Crippen LogP contribution in [0.4, 0.5) is 0 Å². The molecule has 0 aliphatic rings. The van der Waals surface area contributed by atoms with Crippen molar-refractivity contribution < 1.29 is 0 Å². The molecule has 0 nitrogen and oxygen atoms in total. The Bertz CT molecular complexity index is 340. The lowest BCUT2D eigenvalue weighted by Crippen LogP contribution is -2.13. The van der Waals surface area contributed by atoms with Crippen molar-refractivity contribution in [1.29, 1.82) is 0 Å². The van der Waals surface area contributed by atoms with Crippen LogP contribution in [0.25, 0.3) is 0 Å². The van der Waals surface area contributed by atoms with Crippen LogP contribution in [0.3, 0.4) is 0 Å². The molecule has 0 bridgehead atoms. The maximum absolute atomic E-state index is 5.55. The van der Waals surface area contributed by atoms with Gasteiger partial charge in [0.2, 0.25) is 0 Å². The van der Waals surface area contributed by atoms with E-state index in [1.54, 1.807) is 24.6 Å². The van der Waals surface area contributed by atoms with Crippen LogP contribution in [-0.2, 0) is 0 Å². The second-order valence-electron chi connectivity index (χ2n) is 10.2. The van der Waals surface area contributed by atoms with Crippen molar-refractivity contribution in [3.05, 3.63) is 0 Å². The van der Waals surface area contributed by atoms with Crippen molar-refractivity contribution in [1.82, 2.24) is 0 Å². The Hall–Kier alpha value is -0.0100. The van der Waals surface area contributed by atoms with Crippen molar-refractivity contribution in [3.8, 4) is 12.3 Å². The van der Waals surface area contributed by atoms with Crippen LogP contribution in [0, 0.1) is 12.3 Å². The van der Waals surface area contributed by atoms with E-state index in [1.807, 2.05) is 0 Å². The van der Waals surface area contributed by atoms with Gasteiger partial charge in [-0.2, -0.15) is 0 Å². The molecule has 0 unspecified atom stereocenters. The predicted octanol–water partition coefficient (Wildman–Crippen LogP) is 10.9. The Kier molecular flexibility index (Phi) is 24.6. The van der Waals surface area contributed by atoms with Gasteiger partial charge in [-0.1, -0.05) is 97.8 Å². The largest absolute Gasteiger partial charge is 0.120 e. The average Bonchev–Trinajstić information content (AvgIpc) is 2.78. The second kappa shape index (κ2) is 24.6. The smallest absolute Gasteiger partial charge is 0.0594 e. The molecule has 0 aliphatic heterocycles. The minimum atomic E-state index is -0.772. The molecule has 0 aromatic rings. The summed E-state index contributed by atoms with van der Waals surface area (Å²) in [7, 11) is -0.772. The van der Waals surface area contributed by atoms with Crippen molar-refractivity contribution in [3.63, 3.8) is 0 Å². The third kappa shape index (κ3) is 20.3. The number of rotatable bonds is 25. The monoisotopic (exact) mass is 451 g/mol. The highest BCUT2D eigenvalue weighted by molar-refractivity contribution is 7.75. The van der Waals surface area contributed by atoms with Crippen molar-refractivity contribution in [2.24, 2.45) is 0 Å². The van der Waals surface area contributed by atoms with E-state index in [4.69, 9.17) is 6.42 Å². The molecule has 0 saturated carbocycles. The maximum atomic E-state index is 5.55. The summed E-state index contributed by atoms with van der Waals surface area (Å²) < 4.78 is 0. The fourth-order valence-corrected chi connectivity index (χ4v) is 9.95. The maximum Gasteiger partial charge on any atom is 0.0594 e. The van der Waals surface area contributed by atoms with Crippen LogP contribution in [0.15, 0.2) is 0 Å². The van der Waals surface area contributed by atoms with E-state index >= 15 is 0 Å². The van der Waals surface area contributed by atoms with Crippen LogP contribution >= 0.6 is 7.26 Å². The molecule has 1 heteroatoms. The molecule has 0 fully saturated rings. The SMILES string of the molecule is C#CCCCC[P+](CCCCCCCC)(CCCCCCCC)CCCCCCCC. The lowest BCUT2D eigenvalue weighted by molar-refractivity contribution is 0.615. The van der Waals surface area contributed by atoms with Gasteiger partial charge < -0.3 is 0 Å². The summed E-state index contributed by atoms with van der Waals surface area (Å²) in [6.45, 7) is 6.98. The molecule has 0 heterocycles. The summed E-state index contributed by atoms with van der Waals surface area (Å²) in [5.74, 6) is 2.88. The molecule has 184 valence electrons. The summed E-state index contributed by atoms with van der Waals surface area (Å²) in [6.07, 6.45) is 41.7. The summed E-state index contributed by atoms with van der Waals surface area (Å²) in [5, 5.41) is 0. The Morgan fingerprint density at radius 1 is 0.419 bits per heavy atom. The minimum Gasteiger partial charge on any atom is -0.120 e. The van der Waals surface area contributed by atoms with Crippen molar-refractivity contribution in [2.45, 2.75) is 156 Å². The number of terminal acetylenes is 1. The van der Waals surface area contributed by atoms with Gasteiger partial charge in [-0.25, -0.2) is 0 Å². The van der Waals surface area contributed by atoms with E-state index in [0.29, 0.717) is 0 Å². The molecule has 0 atom stereocenters. The van der Waals surface area contributed by atoms with Gasteiger partial charge >= 0.3 is 0 Å². The number of unbranched alkanes of at least 4 members (excludes halogenated alkanes) is 17. The molecule has 31 heavy (non-hydrogen) atoms. The van der Waals surface area contributed by atoms with Crippen molar-refractivity contribution >= 4 is 7.26 Å². The molecular formula is C30H60P+. The van der Waals surface area contributed by atoms with E-state index in [0.717, 1.165) is 6.42 Å². The van der Waals surface area contributed by atoms with Gasteiger partial charge in [-0.15, -0.1) is 12.3 Å². The number of hydrogen-bond donors (Lipinski definition) is 0. The first-order chi connectivity index (χ1) is 15.2. The summed E-state index contributed by atoms with van der Waals surface area (Å²) >= 11 is 0. The molecule has 0 N–H and O–H groups in total. The van der Waals surface area contributed by atoms with Crippen LogP contribution in [0.2, 0.25) is 0 Å². The van der Waals surface area contributed by atoms with Crippen LogP contribution in [0.1, 0.15) is 156 Å². The Balaban J connectivity index is 4.70. The van der Waals surface area contributed by atoms with Crippen LogP contribution < -0.4 is 0 Å². The van der Waals surface area contributed by atoms with Crippen LogP contribution in [-0.4, -0.2) is 24.6 Å². The van der Waals surface area contributed by atoms with Gasteiger partial charge in [0.05, 0.1) is 24.6 Å². The molecule has 0 aliphatic carbocycles. The molecule has 0 radical (unpaired) electrons. The number of hydrogen-bond acceptors (Lipinski definition) is 0. The van der Waals surface area contributed by atoms with Gasteiger partial charge in [0, 0.05) is 13.7 Å². The van der Waals surface area contributed by atoms with Gasteiger partial charge in [0.15, 0.2) is 0 Å². The first-order valence-electron chi connectivity index (χ1n) is 14.5. The molecule has 0 aromatic carbocycles. The first kappa shape index (κ1) is 31.0. The third-order valence-electron chi connectivity index (χ3n) is 7.16. The Morgan fingerprint density at radius 2 is 0.710 bits per heavy atom. The standard InChI is InChI=1S/C30H60P/c1-5-9-13-17-20-24-28-31(27-23-16-12-8-4,29-25-21-18-14-10-6-2)30-26-22-19-15-11-7-3/h4H,5-7,9-30H2,1-3H3/q+1. The first-order valence-corrected chi connectivity index (χ1v) is 17.1. The lowest BCUT2D eigenvalue weighted by Gasteiger charge is -2.28. The highest BCUT2D eigenvalue weighted by atomic mass is 31.2. The lowest BCUT2D eigenvalue weighted by atomic mass is 10.1. The molecule has 0 amide bonds. The topological polar surface area (TPSA) is 0 Å². The molecule has 0 rings (SSSR count). The Labute approximate surface area is 199 Å². The molecule has 0 spiro atoms. The van der Waals surface area contributed by atoms with E-state index in [9.17, 15) is 0 Å². The van der Waals surface area contributed by atoms with Gasteiger partial charge in [0.25, 0.3) is 0 Å². The van der Waals surface area contributed by atoms with Gasteiger partial charge in [0.1, 0.15) is 0 Å². The minimum absolute atomic E-state index is 0.772. The van der Waals surface area contributed by atoms with Crippen LogP contribution in [0.5, 0.6) is 0 Å². The normalized spacial score (nSPS) is 11.7. The summed E-state index contributed by atoms with van der Waals surface area (Å²) in [5.41, 5.74) is 0. The zero-order chi connectivity index (χ0) is 22.9. The summed E-state index contributed by atoms with van der Waals surface area (Å²) in [6, 6.07) is 0. The Morgan fingerprint density at radius 3 is 1.03 bits per heavy atom. The fraction of sp³-hybridized carbons (Fsp3) is 0.933. The van der Waals surface area contributed by atoms with Gasteiger partial charge in [-0.05, 0) is 51.4 Å². The average molecular weight is 452 g/mol. The highest BCUT2D eigenvalue weighted by Gasteiger charge is 2.34. The predicted molar refractivity (Wildman–Crippen MR) is 149 cm³/mol. The zero-order valence-electron chi connectivity index (χ0n) is 22.2. The molecule has 0 aromatic heterocycles. The van der Waals surface area contributed by atoms with E-state index in [1.165, 1.54) is 128 Å². The van der Waals surface area contributed by atoms with E-state index in [-0.39, 0.29) is 0 Å². The van der Waals surface area contributed by atoms with E-state index < -0.39 is 7.26 Å². The zero-order valence-corrected chi connectivity index (χ0v) is 23.1. The highest BCUT2D eigenvalue weighted by Crippen LogP contribution is 2.61. The fourth-order valence-electron chi connectivity index (χ4n) is 5.03. The quantitative estimate of drug-likeness (QED) is 0.0735. The summed E-state index contributed by atoms with van der Waals surface area (Å²) in [4.78, 5) is 0.